The molecular weight excluding hydrogens is 334 g/mol. The van der Waals surface area contributed by atoms with Crippen LogP contribution in [0, 0.1) is 18.3 Å². The predicted octanol–water partition coefficient (Wildman–Crippen LogP) is 2.91. The smallest absolute Gasteiger partial charge is 0.240 e. The Morgan fingerprint density at radius 1 is 1.13 bits per heavy atom. The Bertz CT molecular complexity index is 827. The third kappa shape index (κ3) is 4.70. The molecule has 0 unspecified atom stereocenters. The third-order valence-electron chi connectivity index (χ3n) is 3.17. The Balaban J connectivity index is 1.93. The highest BCUT2D eigenvalue weighted by Crippen LogP contribution is 2.19. The Kier molecular flexibility index (Phi) is 5.61. The summed E-state index contributed by atoms with van der Waals surface area (Å²) in [4.78, 5) is 0.229. The van der Waals surface area contributed by atoms with Crippen LogP contribution in [0.25, 0.3) is 0 Å². The van der Waals surface area contributed by atoms with Crippen LogP contribution in [-0.4, -0.2) is 21.5 Å². The second-order valence-corrected chi connectivity index (χ2v) is 7.14. The van der Waals surface area contributed by atoms with E-state index in [9.17, 15) is 8.42 Å². The lowest BCUT2D eigenvalue weighted by Gasteiger charge is -2.10. The molecule has 7 heteroatoms. The van der Waals surface area contributed by atoms with Gasteiger partial charge in [-0.1, -0.05) is 29.3 Å². The van der Waals surface area contributed by atoms with Crippen LogP contribution in [0.1, 0.15) is 11.1 Å². The van der Waals surface area contributed by atoms with E-state index in [4.69, 9.17) is 16.9 Å². The number of nitrogens with one attached hydrogen (secondary N) is 2. The monoisotopic (exact) mass is 349 g/mol. The normalized spacial score (nSPS) is 11.0. The van der Waals surface area contributed by atoms with Crippen LogP contribution >= 0.6 is 11.6 Å². The molecule has 0 spiro atoms. The van der Waals surface area contributed by atoms with Gasteiger partial charge in [0.1, 0.15) is 6.07 Å². The van der Waals surface area contributed by atoms with E-state index in [1.165, 1.54) is 0 Å². The highest BCUT2D eigenvalue weighted by atomic mass is 35.5. The van der Waals surface area contributed by atoms with Crippen LogP contribution in [0.4, 0.5) is 5.69 Å². The molecule has 0 heterocycles. The van der Waals surface area contributed by atoms with Crippen molar-refractivity contribution in [3.05, 3.63) is 58.6 Å². The molecule has 0 fully saturated rings. The fraction of sp³-hybridized carbons (Fsp3) is 0.188. The van der Waals surface area contributed by atoms with Gasteiger partial charge in [-0.3, -0.25) is 0 Å². The summed E-state index contributed by atoms with van der Waals surface area (Å²) in [5.74, 6) is 0. The van der Waals surface area contributed by atoms with Crippen molar-refractivity contribution in [1.82, 2.24) is 4.72 Å². The standard InChI is InChI=1S/C16H16ClN3O2S/c1-12-2-5-15(6-3-12)23(21,22)20-9-8-19-16-7-4-14(17)10-13(16)11-18/h2-7,10,19-20H,8-9H2,1H3. The maximum Gasteiger partial charge on any atom is 0.240 e. The van der Waals surface area contributed by atoms with Gasteiger partial charge in [-0.15, -0.1) is 0 Å². The Morgan fingerprint density at radius 3 is 2.48 bits per heavy atom. The van der Waals surface area contributed by atoms with Crippen LogP contribution in [0.3, 0.4) is 0 Å². The van der Waals surface area contributed by atoms with Crippen molar-refractivity contribution in [3.63, 3.8) is 0 Å². The summed E-state index contributed by atoms with van der Waals surface area (Å²) < 4.78 is 26.7. The van der Waals surface area contributed by atoms with Crippen molar-refractivity contribution < 1.29 is 8.42 Å². The lowest BCUT2D eigenvalue weighted by molar-refractivity contribution is 0.583. The molecule has 0 saturated carbocycles. The fourth-order valence-electron chi connectivity index (χ4n) is 1.95. The van der Waals surface area contributed by atoms with Crippen molar-refractivity contribution in [1.29, 1.82) is 5.26 Å². The van der Waals surface area contributed by atoms with E-state index in [0.717, 1.165) is 5.56 Å². The van der Waals surface area contributed by atoms with Crippen molar-refractivity contribution in [3.8, 4) is 6.07 Å². The van der Waals surface area contributed by atoms with Gasteiger partial charge in [-0.25, -0.2) is 13.1 Å². The first kappa shape index (κ1) is 17.3. The molecule has 2 rings (SSSR count). The molecule has 120 valence electrons. The summed E-state index contributed by atoms with van der Waals surface area (Å²) in [5.41, 5.74) is 2.03. The zero-order valence-corrected chi connectivity index (χ0v) is 14.1. The number of anilines is 1. The lowest BCUT2D eigenvalue weighted by atomic mass is 10.2. The molecule has 0 aliphatic carbocycles. The van der Waals surface area contributed by atoms with E-state index in [1.54, 1.807) is 42.5 Å². The quantitative estimate of drug-likeness (QED) is 0.785. The topological polar surface area (TPSA) is 82.0 Å². The zero-order valence-electron chi connectivity index (χ0n) is 12.5. The number of nitriles is 1. The largest absolute Gasteiger partial charge is 0.383 e. The van der Waals surface area contributed by atoms with Gasteiger partial charge in [0.15, 0.2) is 0 Å². The van der Waals surface area contributed by atoms with Gasteiger partial charge in [0.2, 0.25) is 10.0 Å². The summed E-state index contributed by atoms with van der Waals surface area (Å²) in [6, 6.07) is 13.6. The van der Waals surface area contributed by atoms with Gasteiger partial charge in [-0.2, -0.15) is 5.26 Å². The van der Waals surface area contributed by atoms with E-state index < -0.39 is 10.0 Å². The Hall–Kier alpha value is -2.07. The number of halogens is 1. The van der Waals surface area contributed by atoms with Gasteiger partial charge >= 0.3 is 0 Å². The second-order valence-electron chi connectivity index (χ2n) is 4.94. The first-order chi connectivity index (χ1) is 10.9. The summed E-state index contributed by atoms with van der Waals surface area (Å²) in [6.07, 6.45) is 0. The molecule has 0 aliphatic rings. The minimum atomic E-state index is -3.53. The minimum absolute atomic E-state index is 0.198. The van der Waals surface area contributed by atoms with E-state index in [-0.39, 0.29) is 11.4 Å². The highest BCUT2D eigenvalue weighted by molar-refractivity contribution is 7.89. The van der Waals surface area contributed by atoms with Crippen LogP contribution < -0.4 is 10.0 Å². The van der Waals surface area contributed by atoms with Gasteiger partial charge < -0.3 is 5.32 Å². The van der Waals surface area contributed by atoms with Crippen LogP contribution in [-0.2, 0) is 10.0 Å². The number of sulfonamides is 1. The van der Waals surface area contributed by atoms with Crippen molar-refractivity contribution in [2.24, 2.45) is 0 Å². The summed E-state index contributed by atoms with van der Waals surface area (Å²) >= 11 is 5.83. The molecule has 0 amide bonds. The molecule has 5 nitrogen and oxygen atoms in total. The van der Waals surface area contributed by atoms with Crippen molar-refractivity contribution in [2.75, 3.05) is 18.4 Å². The summed E-state index contributed by atoms with van der Waals surface area (Å²) in [5, 5.41) is 12.5. The molecular formula is C16H16ClN3O2S. The van der Waals surface area contributed by atoms with E-state index >= 15 is 0 Å². The number of hydrogen-bond acceptors (Lipinski definition) is 4. The first-order valence-corrected chi connectivity index (χ1v) is 8.78. The third-order valence-corrected chi connectivity index (χ3v) is 4.88. The van der Waals surface area contributed by atoms with Crippen LogP contribution in [0.5, 0.6) is 0 Å². The highest BCUT2D eigenvalue weighted by Gasteiger charge is 2.12. The minimum Gasteiger partial charge on any atom is -0.383 e. The van der Waals surface area contributed by atoms with Crippen LogP contribution in [0.15, 0.2) is 47.4 Å². The number of benzene rings is 2. The van der Waals surface area contributed by atoms with Gasteiger partial charge in [-0.05, 0) is 37.3 Å². The summed E-state index contributed by atoms with van der Waals surface area (Å²) in [7, 11) is -3.53. The first-order valence-electron chi connectivity index (χ1n) is 6.92. The SMILES string of the molecule is Cc1ccc(S(=O)(=O)NCCNc2ccc(Cl)cc2C#N)cc1. The molecule has 0 atom stereocenters. The molecule has 0 saturated heterocycles. The zero-order chi connectivity index (χ0) is 16.9. The van der Waals surface area contributed by atoms with Crippen molar-refractivity contribution in [2.45, 2.75) is 11.8 Å². The van der Waals surface area contributed by atoms with Gasteiger partial charge in [0.05, 0.1) is 16.1 Å². The summed E-state index contributed by atoms with van der Waals surface area (Å²) in [6.45, 7) is 2.44. The van der Waals surface area contributed by atoms with Crippen molar-refractivity contribution >= 4 is 27.3 Å². The van der Waals surface area contributed by atoms with Gasteiger partial charge in [0.25, 0.3) is 0 Å². The Morgan fingerprint density at radius 2 is 1.83 bits per heavy atom. The van der Waals surface area contributed by atoms with E-state index in [0.29, 0.717) is 22.8 Å². The average Bonchev–Trinajstić information content (AvgIpc) is 2.53. The maximum absolute atomic E-state index is 12.1. The number of hydrogen-bond donors (Lipinski definition) is 2. The molecule has 2 aromatic rings. The van der Waals surface area contributed by atoms with Crippen LogP contribution in [0.2, 0.25) is 5.02 Å². The Labute approximate surface area is 141 Å². The molecule has 23 heavy (non-hydrogen) atoms. The van der Waals surface area contributed by atoms with E-state index in [2.05, 4.69) is 10.0 Å². The second kappa shape index (κ2) is 7.47. The van der Waals surface area contributed by atoms with E-state index in [1.807, 2.05) is 13.0 Å². The molecule has 2 aromatic carbocycles. The molecule has 0 radical (unpaired) electrons. The maximum atomic E-state index is 12.1. The predicted molar refractivity (Wildman–Crippen MR) is 91.0 cm³/mol. The molecule has 0 aromatic heterocycles. The molecule has 0 aliphatic heterocycles. The average molecular weight is 350 g/mol. The lowest BCUT2D eigenvalue weighted by Crippen LogP contribution is -2.29. The number of nitrogens with zero attached hydrogens (tertiary/aromatic N) is 1. The number of rotatable bonds is 6. The fourth-order valence-corrected chi connectivity index (χ4v) is 3.15. The molecule has 0 bridgehead atoms. The number of aryl methyl sites for hydroxylation is 1. The molecule has 2 N–H and O–H groups in total. The van der Waals surface area contributed by atoms with Gasteiger partial charge in [0, 0.05) is 18.1 Å².